The fourth-order valence-electron chi connectivity index (χ4n) is 1.69. The fraction of sp³-hybridized carbons (Fsp3) is 0.455. The second kappa shape index (κ2) is 3.98. The van der Waals surface area contributed by atoms with Crippen LogP contribution >= 0.6 is 0 Å². The first-order valence-corrected chi connectivity index (χ1v) is 5.01. The van der Waals surface area contributed by atoms with Crippen molar-refractivity contribution in [3.63, 3.8) is 0 Å². The maximum absolute atomic E-state index is 5.73. The van der Waals surface area contributed by atoms with Gasteiger partial charge >= 0.3 is 0 Å². The molecular formula is C11H17N3. The lowest BCUT2D eigenvalue weighted by atomic mass is 10.1. The minimum Gasteiger partial charge on any atom is -0.399 e. The molecule has 1 aromatic carbocycles. The molecule has 1 heterocycles. The molecule has 0 unspecified atom stereocenters. The molecule has 14 heavy (non-hydrogen) atoms. The first-order chi connectivity index (χ1) is 6.75. The lowest BCUT2D eigenvalue weighted by Crippen LogP contribution is -2.55. The average molecular weight is 191 g/mol. The van der Waals surface area contributed by atoms with Gasteiger partial charge in [-0.3, -0.25) is 4.90 Å². The van der Waals surface area contributed by atoms with Gasteiger partial charge in [-0.1, -0.05) is 12.1 Å². The molecular weight excluding hydrogens is 174 g/mol. The van der Waals surface area contributed by atoms with Gasteiger partial charge in [0.05, 0.1) is 0 Å². The Morgan fingerprint density at radius 2 is 2.29 bits per heavy atom. The smallest absolute Gasteiger partial charge is 0.0345 e. The summed E-state index contributed by atoms with van der Waals surface area (Å²) < 4.78 is 0. The molecule has 3 heteroatoms. The Morgan fingerprint density at radius 3 is 2.86 bits per heavy atom. The van der Waals surface area contributed by atoms with Crippen molar-refractivity contribution in [1.29, 1.82) is 0 Å². The van der Waals surface area contributed by atoms with Gasteiger partial charge in [-0.15, -0.1) is 0 Å². The molecule has 0 aromatic heterocycles. The Kier molecular flexibility index (Phi) is 2.70. The standard InChI is InChI=1S/C11H17N3/c1-14(11-6-13-7-11)8-9-3-2-4-10(12)5-9/h2-5,11,13H,6-8,12H2,1H3. The van der Waals surface area contributed by atoms with Crippen molar-refractivity contribution >= 4 is 5.69 Å². The largest absolute Gasteiger partial charge is 0.399 e. The van der Waals surface area contributed by atoms with Crippen LogP contribution in [0.5, 0.6) is 0 Å². The third-order valence-electron chi connectivity index (χ3n) is 2.77. The number of rotatable bonds is 3. The maximum atomic E-state index is 5.73. The summed E-state index contributed by atoms with van der Waals surface area (Å²) in [5.41, 5.74) is 7.87. The lowest BCUT2D eigenvalue weighted by Gasteiger charge is -2.35. The first kappa shape index (κ1) is 9.49. The minimum atomic E-state index is 0.691. The van der Waals surface area contributed by atoms with Gasteiger partial charge in [-0.05, 0) is 24.7 Å². The highest BCUT2D eigenvalue weighted by atomic mass is 15.2. The molecule has 76 valence electrons. The summed E-state index contributed by atoms with van der Waals surface area (Å²) in [7, 11) is 2.16. The predicted molar refractivity (Wildman–Crippen MR) is 59.0 cm³/mol. The molecule has 0 atom stereocenters. The summed E-state index contributed by atoms with van der Waals surface area (Å²) >= 11 is 0. The monoisotopic (exact) mass is 191 g/mol. The van der Waals surface area contributed by atoms with Gasteiger partial charge in [0.25, 0.3) is 0 Å². The third-order valence-corrected chi connectivity index (χ3v) is 2.77. The Bertz CT molecular complexity index is 307. The van der Waals surface area contributed by atoms with Crippen molar-refractivity contribution in [3.8, 4) is 0 Å². The van der Waals surface area contributed by atoms with Crippen molar-refractivity contribution in [1.82, 2.24) is 10.2 Å². The van der Waals surface area contributed by atoms with Gasteiger partial charge in [0.1, 0.15) is 0 Å². The Morgan fingerprint density at radius 1 is 1.50 bits per heavy atom. The Balaban J connectivity index is 1.95. The van der Waals surface area contributed by atoms with Crippen LogP contribution in [0.1, 0.15) is 5.56 Å². The molecule has 3 N–H and O–H groups in total. The summed E-state index contributed by atoms with van der Waals surface area (Å²) in [5, 5.41) is 3.27. The van der Waals surface area contributed by atoms with Crippen molar-refractivity contribution in [2.24, 2.45) is 0 Å². The van der Waals surface area contributed by atoms with Crippen molar-refractivity contribution in [3.05, 3.63) is 29.8 Å². The second-order valence-electron chi connectivity index (χ2n) is 3.97. The summed E-state index contributed by atoms with van der Waals surface area (Å²) in [5.74, 6) is 0. The van der Waals surface area contributed by atoms with Crippen LogP contribution < -0.4 is 11.1 Å². The van der Waals surface area contributed by atoms with Gasteiger partial charge in [-0.2, -0.15) is 0 Å². The van der Waals surface area contributed by atoms with Gasteiger partial charge in [0.2, 0.25) is 0 Å². The van der Waals surface area contributed by atoms with Crippen LogP contribution in [0.15, 0.2) is 24.3 Å². The molecule has 0 radical (unpaired) electrons. The highest BCUT2D eigenvalue weighted by molar-refractivity contribution is 5.40. The molecule has 1 fully saturated rings. The van der Waals surface area contributed by atoms with E-state index in [0.717, 1.165) is 25.3 Å². The fourth-order valence-corrected chi connectivity index (χ4v) is 1.69. The highest BCUT2D eigenvalue weighted by Gasteiger charge is 2.20. The zero-order chi connectivity index (χ0) is 9.97. The molecule has 1 aromatic rings. The van der Waals surface area contributed by atoms with Crippen molar-refractivity contribution in [2.75, 3.05) is 25.9 Å². The summed E-state index contributed by atoms with van der Waals surface area (Å²) in [6.07, 6.45) is 0. The van der Waals surface area contributed by atoms with Crippen LogP contribution in [0, 0.1) is 0 Å². The number of nitrogens with one attached hydrogen (secondary N) is 1. The minimum absolute atomic E-state index is 0.691. The number of benzene rings is 1. The van der Waals surface area contributed by atoms with E-state index >= 15 is 0 Å². The van der Waals surface area contributed by atoms with E-state index in [1.165, 1.54) is 5.56 Å². The molecule has 1 aliphatic rings. The van der Waals surface area contributed by atoms with Gasteiger partial charge in [-0.25, -0.2) is 0 Å². The molecule has 0 spiro atoms. The van der Waals surface area contributed by atoms with E-state index in [-0.39, 0.29) is 0 Å². The number of nitrogen functional groups attached to an aromatic ring is 1. The van der Waals surface area contributed by atoms with Crippen LogP contribution in [0.2, 0.25) is 0 Å². The van der Waals surface area contributed by atoms with Crippen LogP contribution in [0.4, 0.5) is 5.69 Å². The molecule has 1 saturated heterocycles. The van der Waals surface area contributed by atoms with E-state index in [1.54, 1.807) is 0 Å². The van der Waals surface area contributed by atoms with E-state index in [0.29, 0.717) is 6.04 Å². The van der Waals surface area contributed by atoms with Crippen molar-refractivity contribution < 1.29 is 0 Å². The zero-order valence-corrected chi connectivity index (χ0v) is 8.53. The maximum Gasteiger partial charge on any atom is 0.0345 e. The zero-order valence-electron chi connectivity index (χ0n) is 8.53. The third kappa shape index (κ3) is 2.05. The van der Waals surface area contributed by atoms with E-state index < -0.39 is 0 Å². The molecule has 0 aliphatic carbocycles. The molecule has 0 amide bonds. The highest BCUT2D eigenvalue weighted by Crippen LogP contribution is 2.11. The number of anilines is 1. The van der Waals surface area contributed by atoms with Crippen LogP contribution in [0.3, 0.4) is 0 Å². The first-order valence-electron chi connectivity index (χ1n) is 5.01. The number of hydrogen-bond donors (Lipinski definition) is 2. The summed E-state index contributed by atoms with van der Waals surface area (Å²) in [6, 6.07) is 8.80. The van der Waals surface area contributed by atoms with Crippen LogP contribution in [-0.4, -0.2) is 31.1 Å². The molecule has 2 rings (SSSR count). The summed E-state index contributed by atoms with van der Waals surface area (Å²) in [4.78, 5) is 2.37. The Labute approximate surface area is 84.9 Å². The van der Waals surface area contributed by atoms with E-state index in [2.05, 4.69) is 23.3 Å². The number of likely N-dealkylation sites (N-methyl/N-ethyl adjacent to an activating group) is 1. The number of nitrogens with zero attached hydrogens (tertiary/aromatic N) is 1. The topological polar surface area (TPSA) is 41.3 Å². The van der Waals surface area contributed by atoms with E-state index in [9.17, 15) is 0 Å². The number of hydrogen-bond acceptors (Lipinski definition) is 3. The van der Waals surface area contributed by atoms with E-state index in [4.69, 9.17) is 5.73 Å². The quantitative estimate of drug-likeness (QED) is 0.690. The molecule has 3 nitrogen and oxygen atoms in total. The normalized spacial score (nSPS) is 17.0. The van der Waals surface area contributed by atoms with Gasteiger partial charge < -0.3 is 11.1 Å². The van der Waals surface area contributed by atoms with Crippen molar-refractivity contribution in [2.45, 2.75) is 12.6 Å². The van der Waals surface area contributed by atoms with E-state index in [1.807, 2.05) is 18.2 Å². The van der Waals surface area contributed by atoms with Crippen LogP contribution in [-0.2, 0) is 6.54 Å². The number of nitrogens with two attached hydrogens (primary N) is 1. The van der Waals surface area contributed by atoms with Gasteiger partial charge in [0, 0.05) is 31.4 Å². The van der Waals surface area contributed by atoms with Gasteiger partial charge in [0.15, 0.2) is 0 Å². The summed E-state index contributed by atoms with van der Waals surface area (Å²) in [6.45, 7) is 3.20. The lowest BCUT2D eigenvalue weighted by molar-refractivity contribution is 0.173. The predicted octanol–water partition coefficient (Wildman–Crippen LogP) is 0.672. The molecule has 0 bridgehead atoms. The molecule has 0 saturated carbocycles. The average Bonchev–Trinajstić information content (AvgIpc) is 1.99. The second-order valence-corrected chi connectivity index (χ2v) is 3.97. The van der Waals surface area contributed by atoms with Crippen LogP contribution in [0.25, 0.3) is 0 Å². The molecule has 1 aliphatic heterocycles. The SMILES string of the molecule is CN(Cc1cccc(N)c1)C1CNC1. The Hall–Kier alpha value is -1.06.